The number of nitrogens with zero attached hydrogens (tertiary/aromatic N) is 1. The maximum absolute atomic E-state index is 12.2. The minimum absolute atomic E-state index is 0.210. The zero-order valence-electron chi connectivity index (χ0n) is 11.1. The Morgan fingerprint density at radius 2 is 2.14 bits per heavy atom. The van der Waals surface area contributed by atoms with Gasteiger partial charge in [-0.1, -0.05) is 11.6 Å². The molecule has 2 aromatic heterocycles. The predicted octanol–water partition coefficient (Wildman–Crippen LogP) is 5.09. The summed E-state index contributed by atoms with van der Waals surface area (Å²) in [5.41, 5.74) is 3.14. The van der Waals surface area contributed by atoms with E-state index in [1.807, 2.05) is 29.8 Å². The molecule has 106 valence electrons. The Kier molecular flexibility index (Phi) is 4.05. The van der Waals surface area contributed by atoms with Gasteiger partial charge in [0, 0.05) is 27.0 Å². The summed E-state index contributed by atoms with van der Waals surface area (Å²) in [6.07, 6.45) is 0. The van der Waals surface area contributed by atoms with Gasteiger partial charge in [0.15, 0.2) is 0 Å². The molecule has 0 spiro atoms. The molecule has 1 amide bonds. The Hall–Kier alpha value is -1.69. The molecule has 0 unspecified atom stereocenters. The van der Waals surface area contributed by atoms with Gasteiger partial charge >= 0.3 is 0 Å². The van der Waals surface area contributed by atoms with Gasteiger partial charge in [0.25, 0.3) is 5.91 Å². The van der Waals surface area contributed by atoms with Crippen LogP contribution in [0.3, 0.4) is 0 Å². The number of thiophene rings is 1. The number of aromatic nitrogens is 1. The summed E-state index contributed by atoms with van der Waals surface area (Å²) < 4.78 is 0. The van der Waals surface area contributed by atoms with E-state index in [9.17, 15) is 4.79 Å². The van der Waals surface area contributed by atoms with E-state index in [2.05, 4.69) is 10.3 Å². The second-order valence-corrected chi connectivity index (χ2v) is 6.54. The molecule has 1 aromatic carbocycles. The fourth-order valence-electron chi connectivity index (χ4n) is 1.85. The number of amides is 1. The number of halogens is 1. The molecule has 0 saturated heterocycles. The third-order valence-corrected chi connectivity index (χ3v) is 4.75. The quantitative estimate of drug-likeness (QED) is 0.725. The average molecular weight is 335 g/mol. The van der Waals surface area contributed by atoms with E-state index in [1.54, 1.807) is 28.8 Å². The van der Waals surface area contributed by atoms with Crippen molar-refractivity contribution in [2.24, 2.45) is 0 Å². The van der Waals surface area contributed by atoms with Gasteiger partial charge in [-0.05, 0) is 42.1 Å². The summed E-state index contributed by atoms with van der Waals surface area (Å²) in [7, 11) is 0. The van der Waals surface area contributed by atoms with Crippen LogP contribution >= 0.6 is 34.3 Å². The van der Waals surface area contributed by atoms with Crippen molar-refractivity contribution in [1.82, 2.24) is 4.98 Å². The lowest BCUT2D eigenvalue weighted by molar-refractivity contribution is 0.102. The molecule has 0 aliphatic heterocycles. The van der Waals surface area contributed by atoms with Crippen molar-refractivity contribution in [2.45, 2.75) is 6.92 Å². The highest BCUT2D eigenvalue weighted by molar-refractivity contribution is 7.14. The van der Waals surface area contributed by atoms with Crippen LogP contribution in [-0.2, 0) is 0 Å². The number of anilines is 1. The summed E-state index contributed by atoms with van der Waals surface area (Å²) in [5.74, 6) is -0.210. The molecule has 3 nitrogen and oxygen atoms in total. The van der Waals surface area contributed by atoms with Crippen LogP contribution in [0.4, 0.5) is 5.69 Å². The van der Waals surface area contributed by atoms with Crippen molar-refractivity contribution >= 4 is 45.9 Å². The minimum Gasteiger partial charge on any atom is -0.320 e. The van der Waals surface area contributed by atoms with Gasteiger partial charge in [-0.15, -0.1) is 11.3 Å². The number of aryl methyl sites for hydroxylation is 1. The molecule has 6 heteroatoms. The van der Waals surface area contributed by atoms with Gasteiger partial charge in [-0.25, -0.2) is 4.98 Å². The number of thiazole rings is 1. The zero-order valence-corrected chi connectivity index (χ0v) is 13.5. The molecule has 2 heterocycles. The van der Waals surface area contributed by atoms with Crippen molar-refractivity contribution in [1.29, 1.82) is 0 Å². The molecular weight excluding hydrogens is 324 g/mol. The summed E-state index contributed by atoms with van der Waals surface area (Å²) in [4.78, 5) is 16.6. The van der Waals surface area contributed by atoms with Gasteiger partial charge in [0.1, 0.15) is 10.7 Å². The van der Waals surface area contributed by atoms with E-state index in [-0.39, 0.29) is 5.91 Å². The first-order valence-corrected chi connectivity index (χ1v) is 8.39. The van der Waals surface area contributed by atoms with Crippen LogP contribution in [0, 0.1) is 6.92 Å². The molecule has 0 fully saturated rings. The van der Waals surface area contributed by atoms with Gasteiger partial charge in [-0.3, -0.25) is 4.79 Å². The normalized spacial score (nSPS) is 10.6. The van der Waals surface area contributed by atoms with Crippen LogP contribution < -0.4 is 5.32 Å². The van der Waals surface area contributed by atoms with E-state index in [1.165, 1.54) is 11.3 Å². The maximum atomic E-state index is 12.2. The molecule has 0 aliphatic carbocycles. The molecule has 0 saturated carbocycles. The monoisotopic (exact) mass is 334 g/mol. The molecule has 0 aliphatic rings. The van der Waals surface area contributed by atoms with Crippen molar-refractivity contribution in [3.05, 3.63) is 56.7 Å². The second kappa shape index (κ2) is 5.97. The lowest BCUT2D eigenvalue weighted by Crippen LogP contribution is -2.13. The van der Waals surface area contributed by atoms with Gasteiger partial charge < -0.3 is 5.32 Å². The van der Waals surface area contributed by atoms with Crippen LogP contribution in [0.5, 0.6) is 0 Å². The number of nitrogens with one attached hydrogen (secondary N) is 1. The average Bonchev–Trinajstić information content (AvgIpc) is 3.10. The van der Waals surface area contributed by atoms with E-state index >= 15 is 0 Å². The van der Waals surface area contributed by atoms with E-state index < -0.39 is 0 Å². The lowest BCUT2D eigenvalue weighted by atomic mass is 10.2. The predicted molar refractivity (Wildman–Crippen MR) is 89.6 cm³/mol. The third-order valence-electron chi connectivity index (χ3n) is 2.94. The number of hydrogen-bond donors (Lipinski definition) is 1. The van der Waals surface area contributed by atoms with Crippen LogP contribution in [0.15, 0.2) is 40.4 Å². The third kappa shape index (κ3) is 3.15. The van der Waals surface area contributed by atoms with Crippen LogP contribution in [0.25, 0.3) is 10.6 Å². The Bertz CT molecular complexity index is 781. The van der Waals surface area contributed by atoms with Crippen LogP contribution in [-0.4, -0.2) is 10.9 Å². The second-order valence-electron chi connectivity index (χ2n) is 4.46. The van der Waals surface area contributed by atoms with Gasteiger partial charge in [0.05, 0.1) is 0 Å². The molecule has 0 atom stereocenters. The standard InChI is InChI=1S/C15H11ClN2OS2/c1-9-6-11(16)2-3-12(9)17-14(19)13-8-21-15(18-13)10-4-5-20-7-10/h2-8H,1H3,(H,17,19). The number of carbonyl (C=O) groups excluding carboxylic acids is 1. The Balaban J connectivity index is 1.79. The number of benzene rings is 1. The Morgan fingerprint density at radius 3 is 2.86 bits per heavy atom. The highest BCUT2D eigenvalue weighted by Gasteiger charge is 2.13. The fourth-order valence-corrected chi connectivity index (χ4v) is 3.59. The van der Waals surface area contributed by atoms with E-state index in [0.717, 1.165) is 21.8 Å². The Labute approximate surface area is 135 Å². The first kappa shape index (κ1) is 14.3. The lowest BCUT2D eigenvalue weighted by Gasteiger charge is -2.07. The summed E-state index contributed by atoms with van der Waals surface area (Å²) in [6, 6.07) is 7.35. The SMILES string of the molecule is Cc1cc(Cl)ccc1NC(=O)c1csc(-c2ccsc2)n1. The van der Waals surface area contributed by atoms with Crippen LogP contribution in [0.2, 0.25) is 5.02 Å². The first-order valence-electron chi connectivity index (χ1n) is 6.19. The number of hydrogen-bond acceptors (Lipinski definition) is 4. The smallest absolute Gasteiger partial charge is 0.275 e. The largest absolute Gasteiger partial charge is 0.320 e. The molecule has 1 N–H and O–H groups in total. The van der Waals surface area contributed by atoms with Gasteiger partial charge in [0.2, 0.25) is 0 Å². The highest BCUT2D eigenvalue weighted by atomic mass is 35.5. The van der Waals surface area contributed by atoms with E-state index in [4.69, 9.17) is 11.6 Å². The molecule has 0 bridgehead atoms. The summed E-state index contributed by atoms with van der Waals surface area (Å²) >= 11 is 8.99. The Morgan fingerprint density at radius 1 is 1.29 bits per heavy atom. The summed E-state index contributed by atoms with van der Waals surface area (Å²) in [5, 5.41) is 10.2. The molecule has 3 rings (SSSR count). The molecular formula is C15H11ClN2OS2. The molecule has 21 heavy (non-hydrogen) atoms. The van der Waals surface area contributed by atoms with Crippen molar-refractivity contribution in [3.63, 3.8) is 0 Å². The van der Waals surface area contributed by atoms with E-state index in [0.29, 0.717) is 10.7 Å². The fraction of sp³-hybridized carbons (Fsp3) is 0.0667. The molecule has 0 radical (unpaired) electrons. The number of carbonyl (C=O) groups is 1. The van der Waals surface area contributed by atoms with Crippen molar-refractivity contribution in [3.8, 4) is 10.6 Å². The molecule has 3 aromatic rings. The topological polar surface area (TPSA) is 42.0 Å². The maximum Gasteiger partial charge on any atom is 0.275 e. The van der Waals surface area contributed by atoms with Crippen molar-refractivity contribution < 1.29 is 4.79 Å². The van der Waals surface area contributed by atoms with Crippen molar-refractivity contribution in [2.75, 3.05) is 5.32 Å². The zero-order chi connectivity index (χ0) is 14.8. The highest BCUT2D eigenvalue weighted by Crippen LogP contribution is 2.26. The van der Waals surface area contributed by atoms with Gasteiger partial charge in [-0.2, -0.15) is 11.3 Å². The number of rotatable bonds is 3. The minimum atomic E-state index is -0.210. The first-order chi connectivity index (χ1) is 10.1. The summed E-state index contributed by atoms with van der Waals surface area (Å²) in [6.45, 7) is 1.90. The van der Waals surface area contributed by atoms with Crippen LogP contribution in [0.1, 0.15) is 16.1 Å².